The van der Waals surface area contributed by atoms with Crippen molar-refractivity contribution >= 4 is 23.1 Å². The van der Waals surface area contributed by atoms with Crippen molar-refractivity contribution in [3.63, 3.8) is 0 Å². The van der Waals surface area contributed by atoms with Gasteiger partial charge in [0.15, 0.2) is 0 Å². The average Bonchev–Trinajstić information content (AvgIpc) is 2.59. The molecule has 0 aliphatic rings. The van der Waals surface area contributed by atoms with Crippen LogP contribution in [0, 0.1) is 20.8 Å². The van der Waals surface area contributed by atoms with Gasteiger partial charge in [-0.3, -0.25) is 4.79 Å². The van der Waals surface area contributed by atoms with E-state index < -0.39 is 0 Å². The number of rotatable bonds is 4. The monoisotopic (exact) mass is 332 g/mol. The number of aryl methyl sites for hydroxylation is 3. The minimum absolute atomic E-state index is 0.274. The fourth-order valence-corrected chi connectivity index (χ4v) is 2.44. The minimum atomic E-state index is -0.275. The van der Waals surface area contributed by atoms with Crippen LogP contribution < -0.4 is 10.6 Å². The van der Waals surface area contributed by atoms with Crippen molar-refractivity contribution < 1.29 is 4.79 Å². The molecule has 3 aromatic rings. The van der Waals surface area contributed by atoms with E-state index in [1.165, 1.54) is 6.20 Å². The minimum Gasteiger partial charge on any atom is -0.339 e. The fourth-order valence-electron chi connectivity index (χ4n) is 2.44. The number of hydrogen-bond donors (Lipinski definition) is 2. The summed E-state index contributed by atoms with van der Waals surface area (Å²) < 4.78 is 0. The topological polar surface area (TPSA) is 66.9 Å². The van der Waals surface area contributed by atoms with Crippen LogP contribution in [-0.2, 0) is 0 Å². The van der Waals surface area contributed by atoms with E-state index in [9.17, 15) is 4.79 Å². The number of carbonyl (C=O) groups is 1. The van der Waals surface area contributed by atoms with Crippen molar-refractivity contribution in [2.75, 3.05) is 10.6 Å². The molecule has 0 saturated carbocycles. The molecule has 2 aromatic carbocycles. The zero-order valence-corrected chi connectivity index (χ0v) is 14.5. The highest BCUT2D eigenvalue weighted by molar-refractivity contribution is 6.03. The summed E-state index contributed by atoms with van der Waals surface area (Å²) in [5.41, 5.74) is 5.24. The summed E-state index contributed by atoms with van der Waals surface area (Å²) in [6, 6.07) is 13.9. The molecular weight excluding hydrogens is 312 g/mol. The molecule has 25 heavy (non-hydrogen) atoms. The predicted octanol–water partition coefficient (Wildman–Crippen LogP) is 4.40. The van der Waals surface area contributed by atoms with E-state index in [1.807, 2.05) is 63.2 Å². The molecule has 5 nitrogen and oxygen atoms in total. The third-order valence-electron chi connectivity index (χ3n) is 3.82. The molecule has 5 heteroatoms. The number of hydrogen-bond acceptors (Lipinski definition) is 4. The summed E-state index contributed by atoms with van der Waals surface area (Å²) in [5, 5.41) is 6.05. The van der Waals surface area contributed by atoms with Crippen molar-refractivity contribution in [1.29, 1.82) is 0 Å². The smallest absolute Gasteiger partial charge is 0.275 e. The molecule has 0 aliphatic heterocycles. The molecule has 0 bridgehead atoms. The highest BCUT2D eigenvalue weighted by atomic mass is 16.1. The van der Waals surface area contributed by atoms with Crippen molar-refractivity contribution in [2.24, 2.45) is 0 Å². The van der Waals surface area contributed by atoms with Gasteiger partial charge in [0, 0.05) is 11.4 Å². The van der Waals surface area contributed by atoms with Crippen molar-refractivity contribution in [3.05, 3.63) is 77.2 Å². The largest absolute Gasteiger partial charge is 0.339 e. The number of carbonyl (C=O) groups excluding carboxylic acids is 1. The van der Waals surface area contributed by atoms with Gasteiger partial charge in [-0.05, 0) is 55.7 Å². The van der Waals surface area contributed by atoms with E-state index in [0.29, 0.717) is 5.82 Å². The lowest BCUT2D eigenvalue weighted by Gasteiger charge is -2.09. The zero-order valence-electron chi connectivity index (χ0n) is 14.5. The first kappa shape index (κ1) is 16.6. The third-order valence-corrected chi connectivity index (χ3v) is 3.82. The highest BCUT2D eigenvalue weighted by Gasteiger charge is 2.10. The number of nitrogens with one attached hydrogen (secondary N) is 2. The van der Waals surface area contributed by atoms with E-state index in [0.717, 1.165) is 28.1 Å². The molecule has 2 N–H and O–H groups in total. The maximum absolute atomic E-state index is 12.4. The zero-order chi connectivity index (χ0) is 17.8. The molecule has 0 unspecified atom stereocenters. The van der Waals surface area contributed by atoms with Crippen LogP contribution in [0.15, 0.2) is 54.9 Å². The van der Waals surface area contributed by atoms with E-state index in [2.05, 4.69) is 20.6 Å². The molecule has 1 heterocycles. The molecule has 3 rings (SSSR count). The molecule has 0 radical (unpaired) electrons. The van der Waals surface area contributed by atoms with E-state index >= 15 is 0 Å². The Morgan fingerprint density at radius 2 is 1.72 bits per heavy atom. The fraction of sp³-hybridized carbons (Fsp3) is 0.150. The van der Waals surface area contributed by atoms with Crippen LogP contribution in [0.25, 0.3) is 0 Å². The van der Waals surface area contributed by atoms with Crippen molar-refractivity contribution in [3.8, 4) is 0 Å². The van der Waals surface area contributed by atoms with Gasteiger partial charge in [-0.1, -0.05) is 24.3 Å². The maximum atomic E-state index is 12.4. The molecule has 1 amide bonds. The van der Waals surface area contributed by atoms with Crippen molar-refractivity contribution in [1.82, 2.24) is 9.97 Å². The van der Waals surface area contributed by atoms with Crippen LogP contribution in [0.3, 0.4) is 0 Å². The normalized spacial score (nSPS) is 10.4. The number of aromatic nitrogens is 2. The molecule has 0 aliphatic carbocycles. The van der Waals surface area contributed by atoms with Crippen LogP contribution in [0.4, 0.5) is 17.2 Å². The number of nitrogens with zero attached hydrogens (tertiary/aromatic N) is 2. The van der Waals surface area contributed by atoms with Gasteiger partial charge < -0.3 is 10.6 Å². The molecule has 0 fully saturated rings. The van der Waals surface area contributed by atoms with Gasteiger partial charge in [0.1, 0.15) is 11.5 Å². The van der Waals surface area contributed by atoms with Gasteiger partial charge in [0.25, 0.3) is 5.91 Å². The van der Waals surface area contributed by atoms with Crippen molar-refractivity contribution in [2.45, 2.75) is 20.8 Å². The van der Waals surface area contributed by atoms with Crippen LogP contribution in [0.1, 0.15) is 27.2 Å². The van der Waals surface area contributed by atoms with Gasteiger partial charge >= 0.3 is 0 Å². The van der Waals surface area contributed by atoms with Gasteiger partial charge in [0.05, 0.1) is 12.4 Å². The molecule has 0 saturated heterocycles. The summed E-state index contributed by atoms with van der Waals surface area (Å²) in [5.74, 6) is 0.317. The summed E-state index contributed by atoms with van der Waals surface area (Å²) in [6.07, 6.45) is 3.03. The van der Waals surface area contributed by atoms with E-state index in [-0.39, 0.29) is 11.6 Å². The second kappa shape index (κ2) is 7.13. The molecule has 126 valence electrons. The highest BCUT2D eigenvalue weighted by Crippen LogP contribution is 2.18. The summed E-state index contributed by atoms with van der Waals surface area (Å²) in [6.45, 7) is 5.97. The van der Waals surface area contributed by atoms with Crippen LogP contribution in [0.2, 0.25) is 0 Å². The van der Waals surface area contributed by atoms with Gasteiger partial charge in [-0.25, -0.2) is 9.97 Å². The maximum Gasteiger partial charge on any atom is 0.275 e. The standard InChI is InChI=1S/C20H20N4O/c1-13-5-4-6-16(9-13)23-19-12-21-18(11-22-19)20(25)24-17-10-14(2)7-8-15(17)3/h4-12H,1-3H3,(H,22,23)(H,24,25). The Bertz CT molecular complexity index is 904. The Balaban J connectivity index is 1.71. The Morgan fingerprint density at radius 1 is 0.920 bits per heavy atom. The average molecular weight is 332 g/mol. The van der Waals surface area contributed by atoms with Gasteiger partial charge in [-0.15, -0.1) is 0 Å². The Hall–Kier alpha value is -3.21. The van der Waals surface area contributed by atoms with Crippen LogP contribution in [0.5, 0.6) is 0 Å². The number of benzene rings is 2. The molecule has 1 aromatic heterocycles. The summed E-state index contributed by atoms with van der Waals surface area (Å²) in [4.78, 5) is 20.8. The second-order valence-electron chi connectivity index (χ2n) is 6.05. The lowest BCUT2D eigenvalue weighted by Crippen LogP contribution is -2.15. The number of amides is 1. The van der Waals surface area contributed by atoms with E-state index in [1.54, 1.807) is 6.20 Å². The Morgan fingerprint density at radius 3 is 2.44 bits per heavy atom. The first-order valence-corrected chi connectivity index (χ1v) is 8.05. The van der Waals surface area contributed by atoms with Gasteiger partial charge in [0.2, 0.25) is 0 Å². The van der Waals surface area contributed by atoms with Crippen LogP contribution >= 0.6 is 0 Å². The molecule has 0 atom stereocenters. The quantitative estimate of drug-likeness (QED) is 0.743. The molecular formula is C20H20N4O. The first-order chi connectivity index (χ1) is 12.0. The Labute approximate surface area is 147 Å². The number of anilines is 3. The second-order valence-corrected chi connectivity index (χ2v) is 6.05. The third kappa shape index (κ3) is 4.20. The molecule has 0 spiro atoms. The SMILES string of the molecule is Cc1cccc(Nc2cnc(C(=O)Nc3cc(C)ccc3C)cn2)c1. The van der Waals surface area contributed by atoms with Crippen LogP contribution in [-0.4, -0.2) is 15.9 Å². The lowest BCUT2D eigenvalue weighted by atomic mass is 10.1. The summed E-state index contributed by atoms with van der Waals surface area (Å²) >= 11 is 0. The lowest BCUT2D eigenvalue weighted by molar-refractivity contribution is 0.102. The van der Waals surface area contributed by atoms with E-state index in [4.69, 9.17) is 0 Å². The Kier molecular flexibility index (Phi) is 4.75. The predicted molar refractivity (Wildman–Crippen MR) is 100 cm³/mol. The van der Waals surface area contributed by atoms with Gasteiger partial charge in [-0.2, -0.15) is 0 Å². The summed E-state index contributed by atoms with van der Waals surface area (Å²) in [7, 11) is 0. The first-order valence-electron chi connectivity index (χ1n) is 8.05.